The molecule has 0 saturated carbocycles. The van der Waals surface area contributed by atoms with Crippen LogP contribution in [0.1, 0.15) is 43.5 Å². The topological polar surface area (TPSA) is 92.5 Å². The van der Waals surface area contributed by atoms with Crippen molar-refractivity contribution in [2.75, 3.05) is 34.7 Å². The molecule has 0 radical (unpaired) electrons. The molecular weight excluding hydrogens is 739 g/mol. The number of nitrogens with zero attached hydrogens (tertiary/aromatic N) is 4. The minimum atomic E-state index is -4.59. The van der Waals surface area contributed by atoms with E-state index in [0.29, 0.717) is 50.8 Å². The van der Waals surface area contributed by atoms with Gasteiger partial charge in [-0.25, -0.2) is 31.0 Å². The van der Waals surface area contributed by atoms with Crippen molar-refractivity contribution >= 4 is 39.4 Å². The zero-order valence-electron chi connectivity index (χ0n) is 28.2. The number of quaternary nitrogens is 1. The summed E-state index contributed by atoms with van der Waals surface area (Å²) in [5.41, 5.74) is 0.484. The van der Waals surface area contributed by atoms with E-state index in [1.807, 2.05) is 35.0 Å². The summed E-state index contributed by atoms with van der Waals surface area (Å²) in [5.74, 6) is -5.03. The predicted molar refractivity (Wildman–Crippen MR) is 181 cm³/mol. The highest BCUT2D eigenvalue weighted by Gasteiger charge is 2.35. The molecular formula is C34H38Cl2F4N4O4S2. The van der Waals surface area contributed by atoms with E-state index in [1.165, 1.54) is 36.4 Å². The van der Waals surface area contributed by atoms with Crippen molar-refractivity contribution < 1.29 is 52.8 Å². The molecule has 0 fully saturated rings. The maximum Gasteiger partial charge on any atom is 0.322 e. The lowest BCUT2D eigenvalue weighted by atomic mass is 9.81. The smallest absolute Gasteiger partial charge is 0.322 e. The van der Waals surface area contributed by atoms with Crippen molar-refractivity contribution in [2.45, 2.75) is 54.0 Å². The lowest BCUT2D eigenvalue weighted by molar-refractivity contribution is -0.870. The molecule has 0 aliphatic heterocycles. The average molecular weight is 778 g/mol. The maximum atomic E-state index is 15.5. The molecule has 1 N–H and O–H groups in total. The Labute approximate surface area is 305 Å². The summed E-state index contributed by atoms with van der Waals surface area (Å²) in [6.45, 7) is 4.30. The Morgan fingerprint density at radius 3 is 2.16 bits per heavy atom. The number of likely N-dealkylation sites (N-methyl/N-ethyl adjacent to an activating group) is 1. The van der Waals surface area contributed by atoms with Crippen molar-refractivity contribution in [2.24, 2.45) is 0 Å². The van der Waals surface area contributed by atoms with Crippen LogP contribution in [0.25, 0.3) is 5.69 Å². The molecule has 0 bridgehead atoms. The van der Waals surface area contributed by atoms with E-state index in [4.69, 9.17) is 11.6 Å². The first-order valence-electron chi connectivity index (χ1n) is 15.2. The van der Waals surface area contributed by atoms with Gasteiger partial charge in [0.15, 0.2) is 5.16 Å². The Morgan fingerprint density at radius 2 is 1.62 bits per heavy atom. The number of aromatic nitrogens is 2. The van der Waals surface area contributed by atoms with Crippen LogP contribution in [0.5, 0.6) is 0 Å². The van der Waals surface area contributed by atoms with Gasteiger partial charge in [0.05, 0.1) is 49.5 Å². The Bertz CT molecular complexity index is 1930. The van der Waals surface area contributed by atoms with Gasteiger partial charge in [0.25, 0.3) is 0 Å². The summed E-state index contributed by atoms with van der Waals surface area (Å²) < 4.78 is 88.4. The fourth-order valence-electron chi connectivity index (χ4n) is 5.31. The third kappa shape index (κ3) is 9.20. The lowest BCUT2D eigenvalue weighted by Crippen LogP contribution is -3.00. The fourth-order valence-corrected chi connectivity index (χ4v) is 7.86. The minimum Gasteiger partial charge on any atom is -1.00 e. The van der Waals surface area contributed by atoms with Crippen LogP contribution in [-0.4, -0.2) is 78.6 Å². The van der Waals surface area contributed by atoms with E-state index in [2.05, 4.69) is 4.98 Å². The highest BCUT2D eigenvalue weighted by molar-refractivity contribution is 7.98. The van der Waals surface area contributed by atoms with Crippen molar-refractivity contribution in [3.8, 4) is 5.69 Å². The molecule has 4 aromatic rings. The summed E-state index contributed by atoms with van der Waals surface area (Å²) in [6, 6.07) is 9.77. The predicted octanol–water partition coefficient (Wildman–Crippen LogP) is 4.26. The van der Waals surface area contributed by atoms with Gasteiger partial charge in [0.1, 0.15) is 29.3 Å². The van der Waals surface area contributed by atoms with Gasteiger partial charge in [-0.2, -0.15) is 4.31 Å². The Morgan fingerprint density at radius 1 is 1.02 bits per heavy atom. The number of halogens is 6. The molecule has 0 amide bonds. The van der Waals surface area contributed by atoms with Crippen LogP contribution in [0.15, 0.2) is 70.8 Å². The van der Waals surface area contributed by atoms with Gasteiger partial charge in [-0.05, 0) is 66.9 Å². The van der Waals surface area contributed by atoms with E-state index in [-0.39, 0.29) is 34.8 Å². The van der Waals surface area contributed by atoms with Crippen LogP contribution < -0.4 is 12.4 Å². The van der Waals surface area contributed by atoms with E-state index in [9.17, 15) is 27.1 Å². The zero-order valence-corrected chi connectivity index (χ0v) is 31.4. The summed E-state index contributed by atoms with van der Waals surface area (Å²) in [5, 5.41) is 9.98. The highest BCUT2D eigenvalue weighted by Crippen LogP contribution is 2.38. The number of rotatable bonds is 14. The van der Waals surface area contributed by atoms with Crippen LogP contribution in [0.2, 0.25) is 5.02 Å². The van der Waals surface area contributed by atoms with E-state index >= 15 is 8.78 Å². The normalized spacial score (nSPS) is 13.0. The lowest BCUT2D eigenvalue weighted by Gasteiger charge is -2.28. The Hall–Kier alpha value is -3.14. The van der Waals surface area contributed by atoms with Crippen LogP contribution >= 0.6 is 23.4 Å². The summed E-state index contributed by atoms with van der Waals surface area (Å²) >= 11 is 7.03. The summed E-state index contributed by atoms with van der Waals surface area (Å²) in [7, 11) is 2.24. The van der Waals surface area contributed by atoms with Crippen LogP contribution in [-0.2, 0) is 26.0 Å². The van der Waals surface area contributed by atoms with E-state index < -0.39 is 61.2 Å². The van der Waals surface area contributed by atoms with Crippen molar-refractivity contribution in [3.05, 3.63) is 106 Å². The first-order valence-corrected chi connectivity index (χ1v) is 18.0. The number of sulfonamides is 1. The molecule has 272 valence electrons. The van der Waals surface area contributed by atoms with Gasteiger partial charge in [0.2, 0.25) is 10.0 Å². The summed E-state index contributed by atoms with van der Waals surface area (Å²) in [6.07, 6.45) is 1.97. The standard InChI is InChI=1S/C34H37ClF4N4O4S2.ClH/c1-34(2,21-9-14-27(37)26(35)16-21)31-19-40-33(42(31)23-12-10-22(36)11-13-23)48-20-25-28(38)17-24(18-29(25)39)49(46,47)41(3)30(32(44)45)8-7-15-43(4,5)6;/h9-14,16-19,30H,7-8,15,20H2,1-6H3;1H/t30-;/m0./s1. The van der Waals surface area contributed by atoms with Gasteiger partial charge < -0.3 is 22.0 Å². The number of thioether (sulfide) groups is 1. The first kappa shape index (κ1) is 41.3. The molecule has 0 aliphatic rings. The molecule has 0 unspecified atom stereocenters. The minimum absolute atomic E-state index is 0. The summed E-state index contributed by atoms with van der Waals surface area (Å²) in [4.78, 5) is 15.8. The number of benzene rings is 3. The number of carboxylic acid groups (broad SMARTS) is 1. The molecule has 4 rings (SSSR count). The number of carbonyl (C=O) groups is 1. The SMILES string of the molecule is CN([C@@H](CCC[N+](C)(C)C)C(=O)O)S(=O)(=O)c1cc(F)c(CSc2ncc(C(C)(C)c3ccc(F)c(Cl)c3)n2-c2ccc(F)cc2)c(F)c1.[Cl-]. The number of aliphatic carboxylic acids is 1. The molecule has 1 atom stereocenters. The second-order valence-corrected chi connectivity index (χ2v) is 16.5. The molecule has 0 saturated heterocycles. The van der Waals surface area contributed by atoms with Gasteiger partial charge >= 0.3 is 5.97 Å². The van der Waals surface area contributed by atoms with Crippen molar-refractivity contribution in [3.63, 3.8) is 0 Å². The monoisotopic (exact) mass is 776 g/mol. The molecule has 8 nitrogen and oxygen atoms in total. The second kappa shape index (κ2) is 16.0. The van der Waals surface area contributed by atoms with Gasteiger partial charge in [0, 0.05) is 29.5 Å². The van der Waals surface area contributed by atoms with Crippen LogP contribution in [0, 0.1) is 23.3 Å². The van der Waals surface area contributed by atoms with Crippen LogP contribution in [0.4, 0.5) is 17.6 Å². The van der Waals surface area contributed by atoms with Gasteiger partial charge in [-0.15, -0.1) is 0 Å². The largest absolute Gasteiger partial charge is 1.00 e. The second-order valence-electron chi connectivity index (χ2n) is 13.2. The van der Waals surface area contributed by atoms with Gasteiger partial charge in [-0.3, -0.25) is 9.36 Å². The molecule has 0 aliphatic carbocycles. The molecule has 1 heterocycles. The van der Waals surface area contributed by atoms with Crippen molar-refractivity contribution in [1.29, 1.82) is 0 Å². The molecule has 0 spiro atoms. The third-order valence-corrected chi connectivity index (χ3v) is 11.4. The third-order valence-electron chi connectivity index (χ3n) is 8.26. The Kier molecular flexibility index (Phi) is 13.2. The highest BCUT2D eigenvalue weighted by atomic mass is 35.5. The Balaban J connectivity index is 0.00000676. The number of hydrogen-bond donors (Lipinski definition) is 1. The van der Waals surface area contributed by atoms with E-state index in [0.717, 1.165) is 18.8 Å². The number of hydrogen-bond acceptors (Lipinski definition) is 5. The average Bonchev–Trinajstić information content (AvgIpc) is 3.44. The molecule has 1 aromatic heterocycles. The van der Waals surface area contributed by atoms with E-state index in [1.54, 1.807) is 16.8 Å². The van der Waals surface area contributed by atoms with Crippen molar-refractivity contribution in [1.82, 2.24) is 13.9 Å². The number of imidazole rings is 1. The molecule has 50 heavy (non-hydrogen) atoms. The fraction of sp³-hybridized carbons (Fsp3) is 0.353. The maximum absolute atomic E-state index is 15.5. The molecule has 3 aromatic carbocycles. The zero-order chi connectivity index (χ0) is 36.5. The van der Waals surface area contributed by atoms with Gasteiger partial charge in [-0.1, -0.05) is 43.3 Å². The molecule has 16 heteroatoms. The first-order chi connectivity index (χ1) is 22.7. The quantitative estimate of drug-likeness (QED) is 0.117. The van der Waals surface area contributed by atoms with Crippen LogP contribution in [0.3, 0.4) is 0 Å². The number of carboxylic acids is 1.